The van der Waals surface area contributed by atoms with E-state index >= 15 is 0 Å². The van der Waals surface area contributed by atoms with Crippen molar-refractivity contribution in [3.8, 4) is 10.7 Å². The van der Waals surface area contributed by atoms with E-state index in [1.807, 2.05) is 19.2 Å². The molecule has 0 aliphatic carbocycles. The second-order valence-corrected chi connectivity index (χ2v) is 7.71. The molecule has 0 unspecified atom stereocenters. The van der Waals surface area contributed by atoms with Gasteiger partial charge in [0, 0.05) is 36.1 Å². The average molecular weight is 380 g/mol. The second-order valence-electron chi connectivity index (χ2n) is 6.13. The molecule has 0 radical (unpaired) electrons. The van der Waals surface area contributed by atoms with Crippen LogP contribution in [-0.4, -0.2) is 34.0 Å². The van der Waals surface area contributed by atoms with Crippen molar-refractivity contribution >= 4 is 40.1 Å². The standard InChI is InChI=1S/C17H21N3O3S2/c1-10(2)12(16(23)18-5-4-11(3)21)6-15(22)13-8-25-17(20-13)14-7-24-9-19-14/h7-10,12H,4-6H2,1-3H3,(H,18,23)/t12-/m0/s1. The first kappa shape index (κ1) is 19.4. The number of amides is 1. The number of hydrogen-bond acceptors (Lipinski definition) is 7. The normalized spacial score (nSPS) is 12.2. The van der Waals surface area contributed by atoms with Gasteiger partial charge in [-0.3, -0.25) is 14.4 Å². The van der Waals surface area contributed by atoms with Gasteiger partial charge in [0.25, 0.3) is 0 Å². The SMILES string of the molecule is CC(=O)CCNC(=O)[C@@H](CC(=O)c1csc(-c2cscn2)n1)C(C)C. The lowest BCUT2D eigenvalue weighted by Gasteiger charge is -2.19. The largest absolute Gasteiger partial charge is 0.355 e. The van der Waals surface area contributed by atoms with Crippen LogP contribution in [0.15, 0.2) is 16.3 Å². The average Bonchev–Trinajstić information content (AvgIpc) is 3.21. The van der Waals surface area contributed by atoms with Gasteiger partial charge < -0.3 is 5.32 Å². The molecular weight excluding hydrogens is 358 g/mol. The van der Waals surface area contributed by atoms with Crippen LogP contribution in [0.4, 0.5) is 0 Å². The van der Waals surface area contributed by atoms with Crippen molar-refractivity contribution in [2.75, 3.05) is 6.54 Å². The molecular formula is C17H21N3O3S2. The van der Waals surface area contributed by atoms with Crippen LogP contribution in [0.5, 0.6) is 0 Å². The van der Waals surface area contributed by atoms with E-state index in [1.165, 1.54) is 29.6 Å². The van der Waals surface area contributed by atoms with Crippen molar-refractivity contribution in [3.63, 3.8) is 0 Å². The third-order valence-electron chi connectivity index (χ3n) is 3.76. The Morgan fingerprint density at radius 2 is 2.00 bits per heavy atom. The lowest BCUT2D eigenvalue weighted by atomic mass is 9.89. The molecule has 2 aromatic heterocycles. The molecule has 2 rings (SSSR count). The topological polar surface area (TPSA) is 89.0 Å². The fourth-order valence-electron chi connectivity index (χ4n) is 2.27. The number of nitrogens with one attached hydrogen (secondary N) is 1. The Kier molecular flexibility index (Phi) is 6.95. The molecule has 0 spiro atoms. The third-order valence-corrected chi connectivity index (χ3v) is 5.22. The van der Waals surface area contributed by atoms with Crippen molar-refractivity contribution in [1.82, 2.24) is 15.3 Å². The third kappa shape index (κ3) is 5.54. The minimum absolute atomic E-state index is 0.0120. The van der Waals surface area contributed by atoms with E-state index in [0.717, 1.165) is 5.69 Å². The van der Waals surface area contributed by atoms with Crippen LogP contribution in [0, 0.1) is 11.8 Å². The van der Waals surface area contributed by atoms with Crippen molar-refractivity contribution in [3.05, 3.63) is 22.0 Å². The number of hydrogen-bond donors (Lipinski definition) is 1. The fourth-order valence-corrected chi connectivity index (χ4v) is 3.67. The van der Waals surface area contributed by atoms with Gasteiger partial charge in [-0.1, -0.05) is 13.8 Å². The van der Waals surface area contributed by atoms with E-state index < -0.39 is 5.92 Å². The van der Waals surface area contributed by atoms with E-state index in [-0.39, 0.29) is 29.8 Å². The van der Waals surface area contributed by atoms with Crippen LogP contribution >= 0.6 is 22.7 Å². The highest BCUT2D eigenvalue weighted by Crippen LogP contribution is 2.25. The van der Waals surface area contributed by atoms with Crippen LogP contribution in [0.3, 0.4) is 0 Å². The summed E-state index contributed by atoms with van der Waals surface area (Å²) in [5.74, 6) is -0.756. The zero-order chi connectivity index (χ0) is 18.4. The predicted octanol–water partition coefficient (Wildman–Crippen LogP) is 3.21. The molecule has 1 N–H and O–H groups in total. The molecule has 0 aliphatic rings. The number of thiazole rings is 2. The quantitative estimate of drug-likeness (QED) is 0.676. The molecule has 0 aromatic carbocycles. The molecule has 25 heavy (non-hydrogen) atoms. The summed E-state index contributed by atoms with van der Waals surface area (Å²) in [7, 11) is 0. The smallest absolute Gasteiger partial charge is 0.223 e. The van der Waals surface area contributed by atoms with Crippen molar-refractivity contribution in [2.24, 2.45) is 11.8 Å². The lowest BCUT2D eigenvalue weighted by molar-refractivity contribution is -0.126. The van der Waals surface area contributed by atoms with E-state index in [2.05, 4.69) is 15.3 Å². The molecule has 8 heteroatoms. The maximum atomic E-state index is 12.5. The maximum absolute atomic E-state index is 12.5. The van der Waals surface area contributed by atoms with Gasteiger partial charge in [-0.15, -0.1) is 22.7 Å². The first-order chi connectivity index (χ1) is 11.9. The van der Waals surface area contributed by atoms with Crippen LogP contribution in [0.25, 0.3) is 10.7 Å². The summed E-state index contributed by atoms with van der Waals surface area (Å²) >= 11 is 2.84. The van der Waals surface area contributed by atoms with Crippen LogP contribution < -0.4 is 5.32 Å². The number of carbonyl (C=O) groups excluding carboxylic acids is 3. The number of rotatable bonds is 9. The first-order valence-corrected chi connectivity index (χ1v) is 9.85. The molecule has 0 saturated carbocycles. The van der Waals surface area contributed by atoms with Gasteiger partial charge in [0.1, 0.15) is 22.2 Å². The maximum Gasteiger partial charge on any atom is 0.223 e. The molecule has 134 valence electrons. The van der Waals surface area contributed by atoms with E-state index in [4.69, 9.17) is 0 Å². The minimum Gasteiger partial charge on any atom is -0.355 e. The van der Waals surface area contributed by atoms with E-state index in [1.54, 1.807) is 10.9 Å². The fraction of sp³-hybridized carbons (Fsp3) is 0.471. The summed E-state index contributed by atoms with van der Waals surface area (Å²) in [5.41, 5.74) is 2.85. The molecule has 0 saturated heterocycles. The van der Waals surface area contributed by atoms with Gasteiger partial charge >= 0.3 is 0 Å². The summed E-state index contributed by atoms with van der Waals surface area (Å²) in [6.07, 6.45) is 0.400. The number of nitrogens with zero attached hydrogens (tertiary/aromatic N) is 2. The Labute approximate surface area is 154 Å². The van der Waals surface area contributed by atoms with Gasteiger partial charge in [-0.25, -0.2) is 9.97 Å². The van der Waals surface area contributed by atoms with Crippen molar-refractivity contribution in [1.29, 1.82) is 0 Å². The highest BCUT2D eigenvalue weighted by Gasteiger charge is 2.26. The molecule has 0 bridgehead atoms. The Bertz CT molecular complexity index is 738. The summed E-state index contributed by atoms with van der Waals surface area (Å²) in [6, 6.07) is 0. The highest BCUT2D eigenvalue weighted by atomic mass is 32.1. The number of ketones is 2. The molecule has 6 nitrogen and oxygen atoms in total. The van der Waals surface area contributed by atoms with Gasteiger partial charge in [-0.05, 0) is 12.8 Å². The summed E-state index contributed by atoms with van der Waals surface area (Å²) in [6.45, 7) is 5.60. The van der Waals surface area contributed by atoms with Crippen molar-refractivity contribution < 1.29 is 14.4 Å². The number of carbonyl (C=O) groups is 3. The van der Waals surface area contributed by atoms with Crippen LogP contribution in [0.2, 0.25) is 0 Å². The molecule has 0 fully saturated rings. The molecule has 2 aromatic rings. The zero-order valence-corrected chi connectivity index (χ0v) is 16.1. The molecule has 1 amide bonds. The molecule has 0 aliphatic heterocycles. The monoisotopic (exact) mass is 379 g/mol. The van der Waals surface area contributed by atoms with Gasteiger partial charge in [0.15, 0.2) is 5.78 Å². The van der Waals surface area contributed by atoms with Gasteiger partial charge in [0.05, 0.1) is 5.51 Å². The Hall–Kier alpha value is -1.93. The minimum atomic E-state index is -0.441. The molecule has 2 heterocycles. The van der Waals surface area contributed by atoms with Crippen LogP contribution in [0.1, 0.15) is 44.1 Å². The lowest BCUT2D eigenvalue weighted by Crippen LogP contribution is -2.36. The summed E-state index contributed by atoms with van der Waals surface area (Å²) in [5, 5.41) is 7.04. The summed E-state index contributed by atoms with van der Waals surface area (Å²) in [4.78, 5) is 44.4. The highest BCUT2D eigenvalue weighted by molar-refractivity contribution is 7.14. The van der Waals surface area contributed by atoms with Crippen molar-refractivity contribution in [2.45, 2.75) is 33.6 Å². The van der Waals surface area contributed by atoms with Gasteiger partial charge in [-0.2, -0.15) is 0 Å². The summed E-state index contributed by atoms with van der Waals surface area (Å²) < 4.78 is 0. The van der Waals surface area contributed by atoms with Crippen LogP contribution in [-0.2, 0) is 9.59 Å². The Balaban J connectivity index is 2.00. The Morgan fingerprint density at radius 3 is 2.60 bits per heavy atom. The molecule has 1 atom stereocenters. The van der Waals surface area contributed by atoms with E-state index in [9.17, 15) is 14.4 Å². The van der Waals surface area contributed by atoms with Gasteiger partial charge in [0.2, 0.25) is 5.91 Å². The zero-order valence-electron chi connectivity index (χ0n) is 14.4. The predicted molar refractivity (Wildman–Crippen MR) is 98.8 cm³/mol. The Morgan fingerprint density at radius 1 is 1.24 bits per heavy atom. The second kappa shape index (κ2) is 8.96. The van der Waals surface area contributed by atoms with E-state index in [0.29, 0.717) is 23.7 Å². The first-order valence-electron chi connectivity index (χ1n) is 8.03. The number of Topliss-reactive ketones (excluding diaryl/α,β-unsaturated/α-hetero) is 2. The number of aromatic nitrogens is 2.